The van der Waals surface area contributed by atoms with Crippen LogP contribution in [-0.4, -0.2) is 27.2 Å². The van der Waals surface area contributed by atoms with Crippen LogP contribution in [0.1, 0.15) is 57.9 Å². The standard InChI is InChI=1S/C23H34O4Si/c1-22(2,3)28(5,6)27-23-15-11-10-14-19(23)18(17-12-8-7-9-13-17)16-20(26-23)21(24)25-4/h7-9,12-13,16,18-19H,10-11,14-15H2,1-6H3/t18-,19+,23-/m1/s1. The second-order valence-electron chi connectivity index (χ2n) is 9.59. The Morgan fingerprint density at radius 1 is 1.18 bits per heavy atom. The van der Waals surface area contributed by atoms with E-state index in [-0.39, 0.29) is 22.6 Å². The van der Waals surface area contributed by atoms with Crippen molar-refractivity contribution in [1.29, 1.82) is 0 Å². The van der Waals surface area contributed by atoms with Gasteiger partial charge in [0, 0.05) is 18.3 Å². The van der Waals surface area contributed by atoms with Crippen LogP contribution in [0.2, 0.25) is 18.1 Å². The highest BCUT2D eigenvalue weighted by atomic mass is 28.4. The molecule has 0 bridgehead atoms. The second-order valence-corrected chi connectivity index (χ2v) is 14.3. The molecule has 28 heavy (non-hydrogen) atoms. The van der Waals surface area contributed by atoms with Gasteiger partial charge in [0.15, 0.2) is 8.32 Å². The Labute approximate surface area is 170 Å². The summed E-state index contributed by atoms with van der Waals surface area (Å²) in [6.07, 6.45) is 5.98. The predicted octanol–water partition coefficient (Wildman–Crippen LogP) is 5.77. The summed E-state index contributed by atoms with van der Waals surface area (Å²) in [6.45, 7) is 11.2. The third-order valence-electron chi connectivity index (χ3n) is 6.71. The molecule has 0 spiro atoms. The molecule has 3 rings (SSSR count). The summed E-state index contributed by atoms with van der Waals surface area (Å²) < 4.78 is 18.4. The number of ether oxygens (including phenoxy) is 2. The summed E-state index contributed by atoms with van der Waals surface area (Å²) in [7, 11) is -0.718. The van der Waals surface area contributed by atoms with Crippen molar-refractivity contribution < 1.29 is 18.7 Å². The Kier molecular flexibility index (Phi) is 5.79. The molecule has 3 atom stereocenters. The topological polar surface area (TPSA) is 44.8 Å². The van der Waals surface area contributed by atoms with E-state index in [4.69, 9.17) is 13.9 Å². The van der Waals surface area contributed by atoms with E-state index in [2.05, 4.69) is 58.1 Å². The van der Waals surface area contributed by atoms with E-state index in [1.165, 1.54) is 12.7 Å². The first-order chi connectivity index (χ1) is 13.1. The third kappa shape index (κ3) is 3.92. The number of carbonyl (C=O) groups excluding carboxylic acids is 1. The molecule has 0 radical (unpaired) electrons. The van der Waals surface area contributed by atoms with Crippen LogP contribution in [0.25, 0.3) is 0 Å². The van der Waals surface area contributed by atoms with Gasteiger partial charge in [0.05, 0.1) is 7.11 Å². The highest BCUT2D eigenvalue weighted by molar-refractivity contribution is 6.74. The van der Waals surface area contributed by atoms with Crippen LogP contribution in [0.5, 0.6) is 0 Å². The van der Waals surface area contributed by atoms with Gasteiger partial charge < -0.3 is 13.9 Å². The zero-order valence-corrected chi connectivity index (χ0v) is 19.1. The summed E-state index contributed by atoms with van der Waals surface area (Å²) in [5.74, 6) is -0.642. The molecule has 154 valence electrons. The number of carbonyl (C=O) groups is 1. The van der Waals surface area contributed by atoms with Crippen LogP contribution in [0, 0.1) is 5.92 Å². The molecule has 2 aliphatic rings. The number of fused-ring (bicyclic) bond motifs is 1. The molecule has 0 amide bonds. The number of rotatable bonds is 4. The van der Waals surface area contributed by atoms with Crippen molar-refractivity contribution in [2.45, 2.75) is 76.3 Å². The molecule has 1 fully saturated rings. The van der Waals surface area contributed by atoms with Crippen molar-refractivity contribution >= 4 is 14.3 Å². The molecule has 1 aliphatic carbocycles. The van der Waals surface area contributed by atoms with Gasteiger partial charge in [-0.2, -0.15) is 0 Å². The maximum absolute atomic E-state index is 12.5. The van der Waals surface area contributed by atoms with Crippen molar-refractivity contribution in [1.82, 2.24) is 0 Å². The van der Waals surface area contributed by atoms with Gasteiger partial charge in [-0.15, -0.1) is 0 Å². The van der Waals surface area contributed by atoms with Gasteiger partial charge in [-0.3, -0.25) is 0 Å². The van der Waals surface area contributed by atoms with Gasteiger partial charge in [0.1, 0.15) is 0 Å². The Hall–Kier alpha value is -1.59. The van der Waals surface area contributed by atoms with Crippen LogP contribution in [0.15, 0.2) is 42.2 Å². The van der Waals surface area contributed by atoms with E-state index < -0.39 is 20.1 Å². The minimum atomic E-state index is -2.12. The summed E-state index contributed by atoms with van der Waals surface area (Å²) in [4.78, 5) is 12.5. The molecular formula is C23H34O4Si. The lowest BCUT2D eigenvalue weighted by Crippen LogP contribution is -2.58. The van der Waals surface area contributed by atoms with Crippen LogP contribution in [-0.2, 0) is 18.7 Å². The SMILES string of the molecule is COC(=O)C1=C[C@H](c2ccccc2)[C@@H]2CCCC[C@]2(O[Si](C)(C)C(C)(C)C)O1. The summed E-state index contributed by atoms with van der Waals surface area (Å²) >= 11 is 0. The average Bonchev–Trinajstić information content (AvgIpc) is 2.65. The minimum Gasteiger partial charge on any atom is -0.463 e. The first-order valence-electron chi connectivity index (χ1n) is 10.3. The normalized spacial score (nSPS) is 28.0. The number of esters is 1. The lowest BCUT2D eigenvalue weighted by atomic mass is 9.71. The van der Waals surface area contributed by atoms with Gasteiger partial charge in [-0.1, -0.05) is 57.5 Å². The van der Waals surface area contributed by atoms with Crippen molar-refractivity contribution in [2.24, 2.45) is 5.92 Å². The lowest BCUT2D eigenvalue weighted by Gasteiger charge is -2.53. The van der Waals surface area contributed by atoms with Crippen LogP contribution in [0.3, 0.4) is 0 Å². The third-order valence-corrected chi connectivity index (χ3v) is 11.2. The number of hydrogen-bond donors (Lipinski definition) is 0. The number of allylic oxidation sites excluding steroid dienone is 1. The van der Waals surface area contributed by atoms with Crippen molar-refractivity contribution in [3.05, 3.63) is 47.7 Å². The monoisotopic (exact) mass is 402 g/mol. The van der Waals surface area contributed by atoms with E-state index in [1.54, 1.807) is 0 Å². The molecular weight excluding hydrogens is 368 g/mol. The Bertz CT molecular complexity index is 735. The molecule has 0 N–H and O–H groups in total. The zero-order valence-electron chi connectivity index (χ0n) is 18.1. The van der Waals surface area contributed by atoms with Crippen molar-refractivity contribution in [2.75, 3.05) is 7.11 Å². The fraction of sp³-hybridized carbons (Fsp3) is 0.609. The van der Waals surface area contributed by atoms with Crippen molar-refractivity contribution in [3.63, 3.8) is 0 Å². The maximum Gasteiger partial charge on any atom is 0.373 e. The van der Waals surface area contributed by atoms with E-state index in [0.29, 0.717) is 0 Å². The maximum atomic E-state index is 12.5. The van der Waals surface area contributed by atoms with Crippen LogP contribution >= 0.6 is 0 Å². The highest BCUT2D eigenvalue weighted by Crippen LogP contribution is 2.53. The van der Waals surface area contributed by atoms with Gasteiger partial charge in [0.2, 0.25) is 11.5 Å². The fourth-order valence-electron chi connectivity index (χ4n) is 4.17. The first-order valence-corrected chi connectivity index (χ1v) is 13.2. The number of benzene rings is 1. The average molecular weight is 403 g/mol. The molecule has 1 aromatic carbocycles. The van der Waals surface area contributed by atoms with E-state index in [0.717, 1.165) is 25.7 Å². The predicted molar refractivity (Wildman–Crippen MR) is 113 cm³/mol. The second kappa shape index (κ2) is 7.67. The minimum absolute atomic E-state index is 0.0575. The Balaban J connectivity index is 2.09. The van der Waals surface area contributed by atoms with E-state index in [9.17, 15) is 4.79 Å². The molecule has 5 heteroatoms. The quantitative estimate of drug-likeness (QED) is 0.474. The van der Waals surface area contributed by atoms with Gasteiger partial charge >= 0.3 is 5.97 Å². The van der Waals surface area contributed by atoms with E-state index in [1.807, 2.05) is 12.1 Å². The van der Waals surface area contributed by atoms with Crippen LogP contribution < -0.4 is 0 Å². The molecule has 0 unspecified atom stereocenters. The summed E-state index contributed by atoms with van der Waals surface area (Å²) in [6, 6.07) is 10.4. The van der Waals surface area contributed by atoms with Gasteiger partial charge in [0.25, 0.3) is 0 Å². The first kappa shape index (κ1) is 21.1. The Morgan fingerprint density at radius 3 is 2.46 bits per heavy atom. The fourth-order valence-corrected chi connectivity index (χ4v) is 5.63. The van der Waals surface area contributed by atoms with E-state index >= 15 is 0 Å². The molecule has 4 nitrogen and oxygen atoms in total. The lowest BCUT2D eigenvalue weighted by molar-refractivity contribution is -0.232. The Morgan fingerprint density at radius 2 is 1.86 bits per heavy atom. The molecule has 1 aromatic rings. The molecule has 0 saturated heterocycles. The molecule has 1 aliphatic heterocycles. The number of hydrogen-bond acceptors (Lipinski definition) is 4. The zero-order chi connectivity index (χ0) is 20.6. The largest absolute Gasteiger partial charge is 0.463 e. The summed E-state index contributed by atoms with van der Waals surface area (Å²) in [5.41, 5.74) is 1.20. The van der Waals surface area contributed by atoms with Crippen LogP contribution in [0.4, 0.5) is 0 Å². The molecule has 1 saturated carbocycles. The number of methoxy groups -OCH3 is 1. The van der Waals surface area contributed by atoms with Gasteiger partial charge in [-0.25, -0.2) is 4.79 Å². The summed E-state index contributed by atoms with van der Waals surface area (Å²) in [5, 5.41) is 0.0575. The smallest absolute Gasteiger partial charge is 0.373 e. The molecule has 0 aromatic heterocycles. The highest BCUT2D eigenvalue weighted by Gasteiger charge is 2.55. The van der Waals surface area contributed by atoms with Crippen molar-refractivity contribution in [3.8, 4) is 0 Å². The van der Waals surface area contributed by atoms with Gasteiger partial charge in [-0.05, 0) is 42.6 Å². The molecule has 1 heterocycles.